The lowest BCUT2D eigenvalue weighted by molar-refractivity contribution is -0.132. The van der Waals surface area contributed by atoms with Gasteiger partial charge in [0.25, 0.3) is 5.91 Å². The highest BCUT2D eigenvalue weighted by Gasteiger charge is 2.53. The normalized spacial score (nSPS) is 22.0. The van der Waals surface area contributed by atoms with Gasteiger partial charge in [-0.25, -0.2) is 4.79 Å². The van der Waals surface area contributed by atoms with Gasteiger partial charge in [-0.3, -0.25) is 9.69 Å². The minimum absolute atomic E-state index is 0.123. The predicted octanol–water partition coefficient (Wildman–Crippen LogP) is 4.09. The molecule has 1 spiro atoms. The Labute approximate surface area is 154 Å². The number of nitrogens with zero attached hydrogens (tertiary/aromatic N) is 1. The third-order valence-electron chi connectivity index (χ3n) is 5.64. The Hall–Kier alpha value is -2.62. The molecule has 134 valence electrons. The zero-order valence-electron chi connectivity index (χ0n) is 15.3. The fourth-order valence-electron chi connectivity index (χ4n) is 4.15. The molecule has 2 aliphatic rings. The number of imide groups is 1. The van der Waals surface area contributed by atoms with Crippen molar-refractivity contribution in [3.8, 4) is 0 Å². The highest BCUT2D eigenvalue weighted by Crippen LogP contribution is 2.40. The van der Waals surface area contributed by atoms with Crippen molar-refractivity contribution in [1.82, 2.24) is 10.2 Å². The Balaban J connectivity index is 1.62. The van der Waals surface area contributed by atoms with Crippen molar-refractivity contribution < 1.29 is 9.59 Å². The summed E-state index contributed by atoms with van der Waals surface area (Å²) in [6, 6.07) is 15.8. The van der Waals surface area contributed by atoms with Gasteiger partial charge in [-0.05, 0) is 47.4 Å². The molecule has 4 heteroatoms. The number of hydrogen-bond acceptors (Lipinski definition) is 2. The first-order chi connectivity index (χ1) is 12.5. The average Bonchev–Trinajstić information content (AvgIpc) is 2.87. The number of hydrogen-bond donors (Lipinski definition) is 1. The lowest BCUT2D eigenvalue weighted by Gasteiger charge is -2.33. The number of carbonyl (C=O) groups is 2. The van der Waals surface area contributed by atoms with E-state index < -0.39 is 5.54 Å². The third kappa shape index (κ3) is 2.61. The molecule has 4 rings (SSSR count). The Morgan fingerprint density at radius 2 is 1.81 bits per heavy atom. The van der Waals surface area contributed by atoms with E-state index in [2.05, 4.69) is 37.4 Å². The summed E-state index contributed by atoms with van der Waals surface area (Å²) in [5, 5.41) is 3.01. The van der Waals surface area contributed by atoms with Gasteiger partial charge in [-0.2, -0.15) is 0 Å². The summed E-state index contributed by atoms with van der Waals surface area (Å²) in [7, 11) is 0. The first-order valence-corrected chi connectivity index (χ1v) is 9.32. The summed E-state index contributed by atoms with van der Waals surface area (Å²) in [6.07, 6.45) is 2.52. The van der Waals surface area contributed by atoms with Crippen LogP contribution in [0.2, 0.25) is 0 Å². The van der Waals surface area contributed by atoms with Gasteiger partial charge in [-0.1, -0.05) is 62.4 Å². The maximum atomic E-state index is 13.3. The molecule has 0 radical (unpaired) electrons. The summed E-state index contributed by atoms with van der Waals surface area (Å²) in [5.41, 5.74) is 3.46. The number of nitrogens with one attached hydrogen (secondary N) is 1. The second-order valence-corrected chi connectivity index (χ2v) is 7.63. The van der Waals surface area contributed by atoms with Crippen LogP contribution in [-0.2, 0) is 23.3 Å². The molecule has 26 heavy (non-hydrogen) atoms. The SMILES string of the molecule is CC(C)c1ccc(CN2C(=O)N[C@@]3(CCCc4ccccc43)C2=O)cc1. The predicted molar refractivity (Wildman–Crippen MR) is 101 cm³/mol. The molecule has 0 saturated carbocycles. The molecular weight excluding hydrogens is 324 g/mol. The van der Waals surface area contributed by atoms with E-state index in [-0.39, 0.29) is 11.9 Å². The Morgan fingerprint density at radius 3 is 2.54 bits per heavy atom. The molecule has 0 bridgehead atoms. The van der Waals surface area contributed by atoms with Crippen LogP contribution >= 0.6 is 0 Å². The smallest absolute Gasteiger partial charge is 0.319 e. The lowest BCUT2D eigenvalue weighted by atomic mass is 9.76. The van der Waals surface area contributed by atoms with Crippen LogP contribution in [0, 0.1) is 0 Å². The molecule has 1 atom stereocenters. The van der Waals surface area contributed by atoms with E-state index in [0.29, 0.717) is 18.9 Å². The monoisotopic (exact) mass is 348 g/mol. The third-order valence-corrected chi connectivity index (χ3v) is 5.64. The number of aryl methyl sites for hydroxylation is 1. The molecule has 0 unspecified atom stereocenters. The number of fused-ring (bicyclic) bond motifs is 2. The van der Waals surface area contributed by atoms with Crippen LogP contribution in [0.5, 0.6) is 0 Å². The van der Waals surface area contributed by atoms with E-state index in [9.17, 15) is 9.59 Å². The molecule has 4 nitrogen and oxygen atoms in total. The van der Waals surface area contributed by atoms with Gasteiger partial charge < -0.3 is 5.32 Å². The van der Waals surface area contributed by atoms with Crippen LogP contribution in [0.3, 0.4) is 0 Å². The van der Waals surface area contributed by atoms with Crippen molar-refractivity contribution in [2.45, 2.75) is 51.1 Å². The second kappa shape index (κ2) is 6.27. The fourth-order valence-corrected chi connectivity index (χ4v) is 4.15. The van der Waals surface area contributed by atoms with E-state index in [1.807, 2.05) is 30.3 Å². The van der Waals surface area contributed by atoms with Gasteiger partial charge in [0, 0.05) is 0 Å². The molecule has 1 N–H and O–H groups in total. The van der Waals surface area contributed by atoms with Gasteiger partial charge >= 0.3 is 6.03 Å². The Bertz CT molecular complexity index is 857. The van der Waals surface area contributed by atoms with Gasteiger partial charge in [-0.15, -0.1) is 0 Å². The molecular formula is C22H24N2O2. The Kier molecular flexibility index (Phi) is 4.06. The quantitative estimate of drug-likeness (QED) is 0.849. The summed E-state index contributed by atoms with van der Waals surface area (Å²) in [6.45, 7) is 4.61. The largest absolute Gasteiger partial charge is 0.325 e. The van der Waals surface area contributed by atoms with Gasteiger partial charge in [0.05, 0.1) is 6.54 Å². The summed E-state index contributed by atoms with van der Waals surface area (Å²) in [5.74, 6) is 0.338. The van der Waals surface area contributed by atoms with Crippen molar-refractivity contribution >= 4 is 11.9 Å². The number of benzene rings is 2. The number of rotatable bonds is 3. The Morgan fingerprint density at radius 1 is 1.08 bits per heavy atom. The van der Waals surface area contributed by atoms with Crippen molar-refractivity contribution in [3.05, 3.63) is 70.8 Å². The molecule has 2 aromatic rings. The van der Waals surface area contributed by atoms with E-state index >= 15 is 0 Å². The summed E-state index contributed by atoms with van der Waals surface area (Å²) >= 11 is 0. The van der Waals surface area contributed by atoms with Crippen molar-refractivity contribution in [3.63, 3.8) is 0 Å². The van der Waals surface area contributed by atoms with Crippen LogP contribution in [0.25, 0.3) is 0 Å². The highest BCUT2D eigenvalue weighted by atomic mass is 16.2. The molecule has 1 fully saturated rings. The van der Waals surface area contributed by atoms with Crippen LogP contribution in [0.4, 0.5) is 4.79 Å². The maximum Gasteiger partial charge on any atom is 0.325 e. The molecule has 1 aliphatic heterocycles. The fraction of sp³-hybridized carbons (Fsp3) is 0.364. The zero-order valence-corrected chi connectivity index (χ0v) is 15.3. The van der Waals surface area contributed by atoms with Crippen molar-refractivity contribution in [2.75, 3.05) is 0 Å². The minimum atomic E-state index is -0.885. The van der Waals surface area contributed by atoms with E-state index in [1.165, 1.54) is 10.5 Å². The topological polar surface area (TPSA) is 49.4 Å². The molecule has 3 amide bonds. The first kappa shape index (κ1) is 16.8. The molecule has 2 aromatic carbocycles. The summed E-state index contributed by atoms with van der Waals surface area (Å²) in [4.78, 5) is 27.3. The lowest BCUT2D eigenvalue weighted by Crippen LogP contribution is -2.46. The van der Waals surface area contributed by atoms with E-state index in [1.54, 1.807) is 0 Å². The van der Waals surface area contributed by atoms with Crippen LogP contribution < -0.4 is 5.32 Å². The van der Waals surface area contributed by atoms with Crippen LogP contribution in [0.15, 0.2) is 48.5 Å². The van der Waals surface area contributed by atoms with Gasteiger partial charge in [0.1, 0.15) is 5.54 Å². The zero-order chi connectivity index (χ0) is 18.3. The number of amides is 3. The standard InChI is InChI=1S/C22H24N2O2/c1-15(2)17-11-9-16(10-12-17)14-24-20(25)22(23-21(24)26)13-5-7-18-6-3-4-8-19(18)22/h3-4,6,8-12,15H,5,7,13-14H2,1-2H3,(H,23,26)/t22-/m1/s1. The minimum Gasteiger partial charge on any atom is -0.319 e. The second-order valence-electron chi connectivity index (χ2n) is 7.63. The molecule has 1 saturated heterocycles. The molecule has 1 aliphatic carbocycles. The molecule has 0 aromatic heterocycles. The van der Waals surface area contributed by atoms with E-state index in [4.69, 9.17) is 0 Å². The van der Waals surface area contributed by atoms with Crippen molar-refractivity contribution in [1.29, 1.82) is 0 Å². The highest BCUT2D eigenvalue weighted by molar-refractivity contribution is 6.07. The summed E-state index contributed by atoms with van der Waals surface area (Å²) < 4.78 is 0. The van der Waals surface area contributed by atoms with Crippen LogP contribution in [0.1, 0.15) is 54.9 Å². The van der Waals surface area contributed by atoms with E-state index in [0.717, 1.165) is 29.5 Å². The average molecular weight is 348 g/mol. The number of carbonyl (C=O) groups excluding carboxylic acids is 2. The molecule has 1 heterocycles. The first-order valence-electron chi connectivity index (χ1n) is 9.32. The maximum absolute atomic E-state index is 13.3. The van der Waals surface area contributed by atoms with Gasteiger partial charge in [0.15, 0.2) is 0 Å². The van der Waals surface area contributed by atoms with Gasteiger partial charge in [0.2, 0.25) is 0 Å². The van der Waals surface area contributed by atoms with Crippen molar-refractivity contribution in [2.24, 2.45) is 0 Å². The number of urea groups is 1. The van der Waals surface area contributed by atoms with Crippen LogP contribution in [-0.4, -0.2) is 16.8 Å².